The van der Waals surface area contributed by atoms with Crippen molar-refractivity contribution in [3.63, 3.8) is 0 Å². The van der Waals surface area contributed by atoms with Gasteiger partial charge in [0.05, 0.1) is 18.4 Å². The van der Waals surface area contributed by atoms with Crippen LogP contribution in [0.1, 0.15) is 43.1 Å². The summed E-state index contributed by atoms with van der Waals surface area (Å²) >= 11 is 0. The summed E-state index contributed by atoms with van der Waals surface area (Å²) in [5.41, 5.74) is 0.194. The third kappa shape index (κ3) is 4.57. The molecule has 0 aromatic carbocycles. The van der Waals surface area contributed by atoms with Crippen LogP contribution in [0.2, 0.25) is 0 Å². The van der Waals surface area contributed by atoms with Crippen LogP contribution in [0.15, 0.2) is 30.6 Å². The van der Waals surface area contributed by atoms with E-state index in [9.17, 15) is 14.7 Å². The molecule has 2 aromatic heterocycles. The first kappa shape index (κ1) is 19.2. The summed E-state index contributed by atoms with van der Waals surface area (Å²) in [6.07, 6.45) is 5.19. The monoisotopic (exact) mass is 374 g/mol. The number of aliphatic hydroxyl groups is 1. The van der Waals surface area contributed by atoms with E-state index in [-0.39, 0.29) is 12.5 Å². The van der Waals surface area contributed by atoms with Gasteiger partial charge in [0, 0.05) is 25.8 Å². The zero-order valence-electron chi connectivity index (χ0n) is 15.6. The van der Waals surface area contributed by atoms with Crippen molar-refractivity contribution in [2.24, 2.45) is 0 Å². The number of nitrogens with one attached hydrogen (secondary N) is 1. The van der Waals surface area contributed by atoms with Gasteiger partial charge in [-0.15, -0.1) is 0 Å². The molecule has 0 bridgehead atoms. The first-order chi connectivity index (χ1) is 13.0. The number of ether oxygens (including phenoxy) is 1. The molecule has 27 heavy (non-hydrogen) atoms. The summed E-state index contributed by atoms with van der Waals surface area (Å²) < 4.78 is 6.74. The topological polar surface area (TPSA) is 96.2 Å². The van der Waals surface area contributed by atoms with Crippen LogP contribution < -0.4 is 5.32 Å². The number of carbonyl (C=O) groups is 2. The molecule has 2 N–H and O–H groups in total. The number of hydrogen-bond donors (Lipinski definition) is 2. The molecule has 1 aliphatic rings. The van der Waals surface area contributed by atoms with Crippen LogP contribution >= 0.6 is 0 Å². The smallest absolute Gasteiger partial charge is 0.407 e. The largest absolute Gasteiger partial charge is 0.450 e. The number of imidazole rings is 1. The summed E-state index contributed by atoms with van der Waals surface area (Å²) in [5.74, 6) is -0.103. The fourth-order valence-corrected chi connectivity index (χ4v) is 3.29. The van der Waals surface area contributed by atoms with Gasteiger partial charge in [0.25, 0.3) is 5.91 Å². The number of amides is 2. The maximum Gasteiger partial charge on any atom is 0.407 e. The van der Waals surface area contributed by atoms with Crippen LogP contribution in [-0.4, -0.2) is 63.2 Å². The van der Waals surface area contributed by atoms with Crippen LogP contribution in [0.25, 0.3) is 5.65 Å². The number of rotatable bonds is 5. The summed E-state index contributed by atoms with van der Waals surface area (Å²) in [4.78, 5) is 30.5. The van der Waals surface area contributed by atoms with E-state index in [1.54, 1.807) is 15.5 Å². The molecule has 1 fully saturated rings. The Morgan fingerprint density at radius 3 is 3.00 bits per heavy atom. The minimum atomic E-state index is -1.04. The number of fused-ring (bicyclic) bond motifs is 1. The minimum absolute atomic E-state index is 0.103. The molecule has 8 nitrogen and oxygen atoms in total. The lowest BCUT2D eigenvalue weighted by molar-refractivity contribution is 0.0243. The van der Waals surface area contributed by atoms with Crippen LogP contribution in [-0.2, 0) is 4.74 Å². The number of pyridine rings is 1. The third-order valence-electron chi connectivity index (χ3n) is 4.84. The number of aromatic nitrogens is 2. The fourth-order valence-electron chi connectivity index (χ4n) is 3.29. The van der Waals surface area contributed by atoms with Crippen molar-refractivity contribution in [2.75, 3.05) is 26.2 Å². The van der Waals surface area contributed by atoms with E-state index in [1.165, 1.54) is 0 Å². The maximum atomic E-state index is 12.9. The Labute approximate surface area is 158 Å². The molecule has 3 heterocycles. The van der Waals surface area contributed by atoms with Gasteiger partial charge in [-0.3, -0.25) is 9.20 Å². The molecule has 2 aromatic rings. The Hall–Kier alpha value is -2.61. The van der Waals surface area contributed by atoms with Gasteiger partial charge in [0.1, 0.15) is 11.3 Å². The van der Waals surface area contributed by atoms with Crippen molar-refractivity contribution in [2.45, 2.75) is 38.2 Å². The standard InChI is InChI=1S/C19H26N4O4/c1-2-12-27-18(25)21-14-19(26)7-5-9-22(11-8-19)17(24)15-13-20-16-6-3-4-10-23(15)16/h3-4,6,10,13,26H,2,5,7-9,11-12,14H2,1H3,(H,21,25)/t19-/m0/s1. The van der Waals surface area contributed by atoms with Crippen LogP contribution in [0.5, 0.6) is 0 Å². The average molecular weight is 374 g/mol. The van der Waals surface area contributed by atoms with Gasteiger partial charge in [-0.25, -0.2) is 9.78 Å². The molecule has 0 aliphatic carbocycles. The predicted molar refractivity (Wildman–Crippen MR) is 99.5 cm³/mol. The Kier molecular flexibility index (Phi) is 5.95. The first-order valence-electron chi connectivity index (χ1n) is 9.37. The highest BCUT2D eigenvalue weighted by atomic mass is 16.5. The highest BCUT2D eigenvalue weighted by Crippen LogP contribution is 2.23. The molecule has 0 radical (unpaired) electrons. The van der Waals surface area contributed by atoms with E-state index < -0.39 is 11.7 Å². The molecule has 2 amide bonds. The zero-order valence-corrected chi connectivity index (χ0v) is 15.6. The normalized spacial score (nSPS) is 20.3. The molecule has 146 valence electrons. The molecular formula is C19H26N4O4. The van der Waals surface area contributed by atoms with Crippen molar-refractivity contribution >= 4 is 17.6 Å². The number of alkyl carbamates (subject to hydrolysis) is 1. The van der Waals surface area contributed by atoms with Gasteiger partial charge in [-0.2, -0.15) is 0 Å². The van der Waals surface area contributed by atoms with E-state index >= 15 is 0 Å². The lowest BCUT2D eigenvalue weighted by Crippen LogP contribution is -2.44. The van der Waals surface area contributed by atoms with Crippen LogP contribution in [0, 0.1) is 0 Å². The number of hydrogen-bond acceptors (Lipinski definition) is 5. The summed E-state index contributed by atoms with van der Waals surface area (Å²) in [6.45, 7) is 3.36. The number of nitrogens with zero attached hydrogens (tertiary/aromatic N) is 3. The summed E-state index contributed by atoms with van der Waals surface area (Å²) in [5, 5.41) is 13.4. The molecule has 1 saturated heterocycles. The molecule has 0 unspecified atom stereocenters. The van der Waals surface area contributed by atoms with Crippen molar-refractivity contribution in [1.29, 1.82) is 0 Å². The fraction of sp³-hybridized carbons (Fsp3) is 0.526. The van der Waals surface area contributed by atoms with E-state index in [0.29, 0.717) is 44.7 Å². The van der Waals surface area contributed by atoms with Gasteiger partial charge >= 0.3 is 6.09 Å². The molecular weight excluding hydrogens is 348 g/mol. The van der Waals surface area contributed by atoms with Crippen molar-refractivity contribution in [1.82, 2.24) is 19.6 Å². The second kappa shape index (κ2) is 8.39. The lowest BCUT2D eigenvalue weighted by Gasteiger charge is -2.27. The quantitative estimate of drug-likeness (QED) is 0.832. The molecule has 8 heteroatoms. The Balaban J connectivity index is 1.60. The van der Waals surface area contributed by atoms with E-state index in [0.717, 1.165) is 12.1 Å². The average Bonchev–Trinajstić information content (AvgIpc) is 3.01. The second-order valence-electron chi connectivity index (χ2n) is 6.93. The first-order valence-corrected chi connectivity index (χ1v) is 9.37. The Bertz CT molecular complexity index is 806. The Morgan fingerprint density at radius 2 is 2.19 bits per heavy atom. The van der Waals surface area contributed by atoms with Gasteiger partial charge in [0.2, 0.25) is 0 Å². The number of likely N-dealkylation sites (tertiary alicyclic amines) is 1. The third-order valence-corrected chi connectivity index (χ3v) is 4.84. The molecule has 0 saturated carbocycles. The maximum absolute atomic E-state index is 12.9. The summed E-state index contributed by atoms with van der Waals surface area (Å²) in [6, 6.07) is 5.58. The van der Waals surface area contributed by atoms with Gasteiger partial charge in [0.15, 0.2) is 0 Å². The van der Waals surface area contributed by atoms with E-state index in [1.807, 2.05) is 31.3 Å². The highest BCUT2D eigenvalue weighted by Gasteiger charge is 2.32. The van der Waals surface area contributed by atoms with Crippen molar-refractivity contribution < 1.29 is 19.4 Å². The van der Waals surface area contributed by atoms with E-state index in [4.69, 9.17) is 4.74 Å². The van der Waals surface area contributed by atoms with Gasteiger partial charge in [-0.05, 0) is 37.8 Å². The Morgan fingerprint density at radius 1 is 1.33 bits per heavy atom. The zero-order chi connectivity index (χ0) is 19.3. The lowest BCUT2D eigenvalue weighted by atomic mass is 9.95. The molecule has 3 rings (SSSR count). The summed E-state index contributed by atoms with van der Waals surface area (Å²) in [7, 11) is 0. The highest BCUT2D eigenvalue weighted by molar-refractivity contribution is 5.93. The minimum Gasteiger partial charge on any atom is -0.450 e. The molecule has 1 aliphatic heterocycles. The number of carbonyl (C=O) groups excluding carboxylic acids is 2. The van der Waals surface area contributed by atoms with E-state index in [2.05, 4.69) is 10.3 Å². The second-order valence-corrected chi connectivity index (χ2v) is 6.93. The van der Waals surface area contributed by atoms with Crippen LogP contribution in [0.3, 0.4) is 0 Å². The van der Waals surface area contributed by atoms with Crippen molar-refractivity contribution in [3.8, 4) is 0 Å². The van der Waals surface area contributed by atoms with Crippen LogP contribution in [0.4, 0.5) is 4.79 Å². The van der Waals surface area contributed by atoms with Crippen molar-refractivity contribution in [3.05, 3.63) is 36.3 Å². The SMILES string of the molecule is CCCOC(=O)NC[C@]1(O)CCCN(C(=O)c2cnc3ccccn23)CC1. The predicted octanol–water partition coefficient (Wildman–Crippen LogP) is 1.83. The van der Waals surface area contributed by atoms with Gasteiger partial charge in [-0.1, -0.05) is 13.0 Å². The molecule has 1 atom stereocenters. The molecule has 0 spiro atoms. The van der Waals surface area contributed by atoms with Gasteiger partial charge < -0.3 is 20.1 Å².